The summed E-state index contributed by atoms with van der Waals surface area (Å²) in [5.41, 5.74) is 0. The first-order valence-corrected chi connectivity index (χ1v) is 5.77. The monoisotopic (exact) mass is 226 g/mol. The molecule has 0 spiro atoms. The summed E-state index contributed by atoms with van der Waals surface area (Å²) >= 11 is 1.16. The number of hydrogen-bond acceptors (Lipinski definition) is 5. The van der Waals surface area contributed by atoms with Crippen LogP contribution in [0.4, 0.5) is 0 Å². The van der Waals surface area contributed by atoms with Gasteiger partial charge in [-0.1, -0.05) is 4.49 Å². The Kier molecular flexibility index (Phi) is 2.97. The molecule has 1 aromatic rings. The maximum absolute atomic E-state index is 12.0. The van der Waals surface area contributed by atoms with Crippen LogP contribution >= 0.6 is 11.5 Å². The minimum absolute atomic E-state index is 0.0471. The first-order valence-electron chi connectivity index (χ1n) is 5.00. The number of nitrogens with one attached hydrogen (secondary N) is 1. The highest BCUT2D eigenvalue weighted by atomic mass is 32.1. The van der Waals surface area contributed by atoms with Crippen molar-refractivity contribution in [2.45, 2.75) is 25.9 Å². The highest BCUT2D eigenvalue weighted by Crippen LogP contribution is 2.13. The molecule has 1 saturated heterocycles. The van der Waals surface area contributed by atoms with Gasteiger partial charge in [0.15, 0.2) is 0 Å². The van der Waals surface area contributed by atoms with E-state index in [0.717, 1.165) is 24.6 Å². The van der Waals surface area contributed by atoms with Crippen molar-refractivity contribution < 1.29 is 4.79 Å². The van der Waals surface area contributed by atoms with E-state index in [1.54, 1.807) is 0 Å². The second-order valence-electron chi connectivity index (χ2n) is 3.90. The van der Waals surface area contributed by atoms with Crippen molar-refractivity contribution in [3.8, 4) is 0 Å². The molecule has 6 heteroatoms. The summed E-state index contributed by atoms with van der Waals surface area (Å²) in [4.78, 5) is 14.6. The zero-order valence-corrected chi connectivity index (χ0v) is 9.62. The van der Waals surface area contributed by atoms with E-state index < -0.39 is 0 Å². The van der Waals surface area contributed by atoms with Gasteiger partial charge in [-0.05, 0) is 25.4 Å². The molecule has 2 atom stereocenters. The normalized spacial score (nSPS) is 26.7. The molecule has 0 radical (unpaired) electrons. The zero-order chi connectivity index (χ0) is 10.8. The van der Waals surface area contributed by atoms with Crippen LogP contribution in [0.3, 0.4) is 0 Å². The first-order chi connectivity index (χ1) is 7.18. The lowest BCUT2D eigenvalue weighted by atomic mass is 10.1. The van der Waals surface area contributed by atoms with Crippen LogP contribution in [0.25, 0.3) is 0 Å². The third kappa shape index (κ3) is 2.15. The fourth-order valence-electron chi connectivity index (χ4n) is 1.71. The number of amides is 1. The fourth-order valence-corrected chi connectivity index (χ4v) is 2.18. The Morgan fingerprint density at radius 1 is 1.67 bits per heavy atom. The zero-order valence-electron chi connectivity index (χ0n) is 8.80. The molecule has 1 aliphatic rings. The van der Waals surface area contributed by atoms with E-state index >= 15 is 0 Å². The SMILES string of the molecule is CC1CN(C(=O)c2cnns2)C(C)CN1. The third-order valence-corrected chi connectivity index (χ3v) is 3.25. The van der Waals surface area contributed by atoms with Gasteiger partial charge in [0.1, 0.15) is 4.88 Å². The van der Waals surface area contributed by atoms with E-state index in [1.165, 1.54) is 6.20 Å². The third-order valence-electron chi connectivity index (χ3n) is 2.60. The van der Waals surface area contributed by atoms with E-state index in [2.05, 4.69) is 21.8 Å². The molecule has 1 aliphatic heterocycles. The summed E-state index contributed by atoms with van der Waals surface area (Å²) in [5, 5.41) is 7.03. The van der Waals surface area contributed by atoms with Gasteiger partial charge < -0.3 is 10.2 Å². The largest absolute Gasteiger partial charge is 0.332 e. The van der Waals surface area contributed by atoms with Crippen LogP contribution in [0, 0.1) is 0 Å². The van der Waals surface area contributed by atoms with Crippen molar-refractivity contribution in [2.24, 2.45) is 0 Å². The van der Waals surface area contributed by atoms with Gasteiger partial charge >= 0.3 is 0 Å². The summed E-state index contributed by atoms with van der Waals surface area (Å²) in [6, 6.07) is 0.585. The van der Waals surface area contributed by atoms with E-state index in [4.69, 9.17) is 0 Å². The summed E-state index contributed by atoms with van der Waals surface area (Å²) in [6.45, 7) is 5.72. The van der Waals surface area contributed by atoms with Crippen LogP contribution in [-0.2, 0) is 0 Å². The van der Waals surface area contributed by atoms with Crippen LogP contribution in [-0.4, -0.2) is 45.6 Å². The molecule has 2 unspecified atom stereocenters. The van der Waals surface area contributed by atoms with Gasteiger partial charge in [0.2, 0.25) is 0 Å². The molecule has 1 amide bonds. The number of piperazine rings is 1. The van der Waals surface area contributed by atoms with Crippen molar-refractivity contribution in [1.82, 2.24) is 19.8 Å². The van der Waals surface area contributed by atoms with E-state index in [0.29, 0.717) is 10.9 Å². The number of carbonyl (C=O) groups excluding carboxylic acids is 1. The van der Waals surface area contributed by atoms with Crippen molar-refractivity contribution in [3.05, 3.63) is 11.1 Å². The molecule has 1 N–H and O–H groups in total. The topological polar surface area (TPSA) is 58.1 Å². The lowest BCUT2D eigenvalue weighted by Gasteiger charge is -2.37. The quantitative estimate of drug-likeness (QED) is 0.751. The van der Waals surface area contributed by atoms with Crippen molar-refractivity contribution in [2.75, 3.05) is 13.1 Å². The van der Waals surface area contributed by atoms with Crippen molar-refractivity contribution in [3.63, 3.8) is 0 Å². The highest BCUT2D eigenvalue weighted by Gasteiger charge is 2.28. The molecule has 2 rings (SSSR count). The van der Waals surface area contributed by atoms with Crippen LogP contribution in [0.15, 0.2) is 6.20 Å². The van der Waals surface area contributed by atoms with E-state index in [-0.39, 0.29) is 11.9 Å². The summed E-state index contributed by atoms with van der Waals surface area (Å²) in [5.74, 6) is 0.0471. The van der Waals surface area contributed by atoms with Crippen LogP contribution in [0.5, 0.6) is 0 Å². The highest BCUT2D eigenvalue weighted by molar-refractivity contribution is 7.07. The van der Waals surface area contributed by atoms with E-state index in [9.17, 15) is 4.79 Å². The number of aromatic nitrogens is 2. The van der Waals surface area contributed by atoms with Gasteiger partial charge in [-0.2, -0.15) is 0 Å². The molecular weight excluding hydrogens is 212 g/mol. The lowest BCUT2D eigenvalue weighted by Crippen LogP contribution is -2.56. The van der Waals surface area contributed by atoms with E-state index in [1.807, 2.05) is 11.8 Å². The summed E-state index contributed by atoms with van der Waals surface area (Å²) < 4.78 is 3.71. The average molecular weight is 226 g/mol. The summed E-state index contributed by atoms with van der Waals surface area (Å²) in [6.07, 6.45) is 1.53. The second kappa shape index (κ2) is 4.24. The van der Waals surface area contributed by atoms with Gasteiger partial charge in [0, 0.05) is 25.2 Å². The number of rotatable bonds is 1. The van der Waals surface area contributed by atoms with Gasteiger partial charge in [-0.3, -0.25) is 4.79 Å². The lowest BCUT2D eigenvalue weighted by molar-refractivity contribution is 0.0621. The second-order valence-corrected chi connectivity index (χ2v) is 4.68. The Bertz CT molecular complexity index is 340. The maximum atomic E-state index is 12.0. The Morgan fingerprint density at radius 3 is 3.13 bits per heavy atom. The average Bonchev–Trinajstić information content (AvgIpc) is 2.74. The Labute approximate surface area is 92.6 Å². The molecule has 0 aliphatic carbocycles. The molecule has 1 fully saturated rings. The smallest absolute Gasteiger partial charge is 0.267 e. The number of hydrogen-bond donors (Lipinski definition) is 1. The van der Waals surface area contributed by atoms with Crippen molar-refractivity contribution >= 4 is 17.4 Å². The summed E-state index contributed by atoms with van der Waals surface area (Å²) in [7, 11) is 0. The van der Waals surface area contributed by atoms with Crippen LogP contribution in [0.1, 0.15) is 23.5 Å². The van der Waals surface area contributed by atoms with Gasteiger partial charge in [0.05, 0.1) is 6.20 Å². The van der Waals surface area contributed by atoms with Crippen molar-refractivity contribution in [1.29, 1.82) is 0 Å². The Balaban J connectivity index is 2.12. The first kappa shape index (κ1) is 10.5. The van der Waals surface area contributed by atoms with Crippen LogP contribution in [0.2, 0.25) is 0 Å². The predicted molar refractivity (Wildman–Crippen MR) is 57.9 cm³/mol. The standard InChI is InChI=1S/C9H14N4OS/c1-6-5-13(7(2)3-10-6)9(14)8-4-11-12-15-8/h4,6-7,10H,3,5H2,1-2H3. The molecular formula is C9H14N4OS. The predicted octanol–water partition coefficient (Wildman–Crippen LogP) is 0.360. The Morgan fingerprint density at radius 2 is 2.47 bits per heavy atom. The molecule has 5 nitrogen and oxygen atoms in total. The molecule has 1 aromatic heterocycles. The minimum atomic E-state index is 0.0471. The molecule has 0 bridgehead atoms. The molecule has 2 heterocycles. The van der Waals surface area contributed by atoms with Crippen LogP contribution < -0.4 is 5.32 Å². The van der Waals surface area contributed by atoms with Gasteiger partial charge in [-0.25, -0.2) is 0 Å². The maximum Gasteiger partial charge on any atom is 0.267 e. The fraction of sp³-hybridized carbons (Fsp3) is 0.667. The Hall–Kier alpha value is -1.01. The van der Waals surface area contributed by atoms with Gasteiger partial charge in [-0.15, -0.1) is 5.10 Å². The number of carbonyl (C=O) groups is 1. The molecule has 82 valence electrons. The molecule has 0 saturated carbocycles. The molecule has 0 aromatic carbocycles. The minimum Gasteiger partial charge on any atom is -0.332 e. The molecule has 15 heavy (non-hydrogen) atoms. The number of nitrogens with zero attached hydrogens (tertiary/aromatic N) is 3. The van der Waals surface area contributed by atoms with Gasteiger partial charge in [0.25, 0.3) is 5.91 Å².